The zero-order valence-electron chi connectivity index (χ0n) is 13.0. The lowest BCUT2D eigenvalue weighted by molar-refractivity contribution is -0.137. The highest BCUT2D eigenvalue weighted by Gasteiger charge is 2.35. The monoisotopic (exact) mass is 333 g/mol. The number of anilines is 1. The molecular weight excluding hydrogens is 319 g/mol. The zero-order chi connectivity index (χ0) is 17.5. The Morgan fingerprint density at radius 1 is 1.21 bits per heavy atom. The summed E-state index contributed by atoms with van der Waals surface area (Å²) in [6, 6.07) is 8.15. The molecule has 0 saturated carbocycles. The lowest BCUT2D eigenvalue weighted by Crippen LogP contribution is -2.19. The van der Waals surface area contributed by atoms with Gasteiger partial charge in [-0.05, 0) is 19.1 Å². The van der Waals surface area contributed by atoms with Crippen molar-refractivity contribution in [3.63, 3.8) is 0 Å². The summed E-state index contributed by atoms with van der Waals surface area (Å²) in [7, 11) is 1.83. The van der Waals surface area contributed by atoms with Crippen molar-refractivity contribution in [2.45, 2.75) is 13.1 Å². The fourth-order valence-electron chi connectivity index (χ4n) is 2.68. The van der Waals surface area contributed by atoms with Gasteiger partial charge in [0.2, 0.25) is 0 Å². The maximum Gasteiger partial charge on any atom is 0.417 e. The summed E-state index contributed by atoms with van der Waals surface area (Å²) in [5.41, 5.74) is 0.620. The number of aromatic nitrogens is 2. The van der Waals surface area contributed by atoms with Crippen LogP contribution in [0.2, 0.25) is 0 Å². The molecule has 0 aliphatic heterocycles. The minimum absolute atomic E-state index is 0.495. The van der Waals surface area contributed by atoms with Gasteiger partial charge in [-0.25, -0.2) is 0 Å². The average Bonchev–Trinajstić information content (AvgIpc) is 2.79. The molecule has 1 aromatic carbocycles. The largest absolute Gasteiger partial charge is 0.417 e. The van der Waals surface area contributed by atoms with Crippen molar-refractivity contribution in [1.29, 1.82) is 0 Å². The van der Waals surface area contributed by atoms with E-state index in [4.69, 9.17) is 0 Å². The third-order valence-corrected chi connectivity index (χ3v) is 4.01. The first-order chi connectivity index (χ1) is 11.3. The van der Waals surface area contributed by atoms with Gasteiger partial charge in [0.05, 0.1) is 22.3 Å². The fraction of sp³-hybridized carbons (Fsp3) is 0.176. The molecule has 0 aliphatic rings. The van der Waals surface area contributed by atoms with E-state index in [2.05, 4.69) is 10.3 Å². The van der Waals surface area contributed by atoms with E-state index in [-0.39, 0.29) is 0 Å². The van der Waals surface area contributed by atoms with Crippen LogP contribution in [0.25, 0.3) is 10.9 Å². The normalized spacial score (nSPS) is 11.7. The van der Waals surface area contributed by atoms with Crippen molar-refractivity contribution in [1.82, 2.24) is 9.55 Å². The molecule has 4 nitrogen and oxygen atoms in total. The highest BCUT2D eigenvalue weighted by Crippen LogP contribution is 2.33. The summed E-state index contributed by atoms with van der Waals surface area (Å²) in [5, 5.41) is 3.37. The molecule has 0 atom stereocenters. The Labute approximate surface area is 135 Å². The van der Waals surface area contributed by atoms with Crippen LogP contribution in [0.1, 0.15) is 21.6 Å². The van der Waals surface area contributed by atoms with E-state index >= 15 is 0 Å². The van der Waals surface area contributed by atoms with Gasteiger partial charge < -0.3 is 9.88 Å². The molecule has 1 amide bonds. The molecule has 2 aromatic heterocycles. The summed E-state index contributed by atoms with van der Waals surface area (Å²) < 4.78 is 41.1. The lowest BCUT2D eigenvalue weighted by atomic mass is 10.1. The number of nitrogens with one attached hydrogen (secondary N) is 1. The van der Waals surface area contributed by atoms with Gasteiger partial charge in [0, 0.05) is 30.5 Å². The van der Waals surface area contributed by atoms with Gasteiger partial charge in [-0.15, -0.1) is 0 Å². The van der Waals surface area contributed by atoms with Crippen LogP contribution in [0.3, 0.4) is 0 Å². The highest BCUT2D eigenvalue weighted by molar-refractivity contribution is 6.10. The number of hydrogen-bond donors (Lipinski definition) is 1. The number of rotatable bonds is 2. The van der Waals surface area contributed by atoms with Gasteiger partial charge in [-0.2, -0.15) is 13.2 Å². The van der Waals surface area contributed by atoms with Crippen molar-refractivity contribution < 1.29 is 18.0 Å². The van der Waals surface area contributed by atoms with E-state index in [1.807, 2.05) is 35.9 Å². The van der Waals surface area contributed by atoms with Gasteiger partial charge in [-0.1, -0.05) is 18.2 Å². The molecule has 0 fully saturated rings. The van der Waals surface area contributed by atoms with Crippen molar-refractivity contribution in [3.05, 3.63) is 59.5 Å². The molecule has 2 heterocycles. The topological polar surface area (TPSA) is 46.9 Å². The second kappa shape index (κ2) is 5.67. The first kappa shape index (κ1) is 16.0. The van der Waals surface area contributed by atoms with Crippen LogP contribution >= 0.6 is 0 Å². The van der Waals surface area contributed by atoms with Crippen molar-refractivity contribution >= 4 is 22.5 Å². The molecule has 0 spiro atoms. The number of para-hydroxylation sites is 1. The molecule has 0 saturated heterocycles. The molecule has 0 radical (unpaired) electrons. The number of hydrogen-bond acceptors (Lipinski definition) is 2. The van der Waals surface area contributed by atoms with E-state index in [1.165, 1.54) is 0 Å². The van der Waals surface area contributed by atoms with Crippen LogP contribution in [0.15, 0.2) is 42.7 Å². The second-order valence-corrected chi connectivity index (χ2v) is 5.41. The van der Waals surface area contributed by atoms with Crippen LogP contribution in [0, 0.1) is 6.92 Å². The Kier molecular flexibility index (Phi) is 3.79. The quantitative estimate of drug-likeness (QED) is 0.766. The van der Waals surface area contributed by atoms with Crippen LogP contribution in [0.5, 0.6) is 0 Å². The minimum Gasteiger partial charge on any atom is -0.346 e. The molecule has 1 N–H and O–H groups in total. The predicted octanol–water partition coefficient (Wildman–Crippen LogP) is 4.15. The molecule has 0 bridgehead atoms. The first-order valence-electron chi connectivity index (χ1n) is 7.17. The standard InChI is InChI=1S/C17H14F3N3O/c1-10-15(11-5-3-4-6-14(11)23(10)2)22-16(24)12-9-21-8-7-13(12)17(18,19)20/h3-9H,1-2H3,(H,22,24). The molecule has 3 aromatic rings. The summed E-state index contributed by atoms with van der Waals surface area (Å²) >= 11 is 0. The number of halogens is 3. The Balaban J connectivity index is 2.05. The van der Waals surface area contributed by atoms with Crippen molar-refractivity contribution in [2.24, 2.45) is 7.05 Å². The van der Waals surface area contributed by atoms with Crippen LogP contribution in [-0.4, -0.2) is 15.5 Å². The maximum atomic E-state index is 13.1. The van der Waals surface area contributed by atoms with Crippen LogP contribution in [0.4, 0.5) is 18.9 Å². The number of nitrogens with zero attached hydrogens (tertiary/aromatic N) is 2. The third kappa shape index (κ3) is 2.62. The van der Waals surface area contributed by atoms with Crippen molar-refractivity contribution in [2.75, 3.05) is 5.32 Å². The average molecular weight is 333 g/mol. The Bertz CT molecular complexity index is 928. The van der Waals surface area contributed by atoms with Crippen LogP contribution in [-0.2, 0) is 13.2 Å². The number of aryl methyl sites for hydroxylation is 1. The Hall–Kier alpha value is -2.83. The van der Waals surface area contributed by atoms with E-state index in [1.54, 1.807) is 6.92 Å². The number of pyridine rings is 1. The third-order valence-electron chi connectivity index (χ3n) is 4.01. The number of carbonyl (C=O) groups is 1. The number of alkyl halides is 3. The SMILES string of the molecule is Cc1c(NC(=O)c2cnccc2C(F)(F)F)c2ccccc2n1C. The number of amides is 1. The van der Waals surface area contributed by atoms with Gasteiger partial charge in [0.25, 0.3) is 5.91 Å². The molecule has 124 valence electrons. The zero-order valence-corrected chi connectivity index (χ0v) is 13.0. The minimum atomic E-state index is -4.62. The van der Waals surface area contributed by atoms with E-state index in [0.29, 0.717) is 5.69 Å². The van der Waals surface area contributed by atoms with Gasteiger partial charge in [0.15, 0.2) is 0 Å². The number of fused-ring (bicyclic) bond motifs is 1. The summed E-state index contributed by atoms with van der Waals surface area (Å²) in [5.74, 6) is -0.838. The Morgan fingerprint density at radius 2 is 1.92 bits per heavy atom. The highest BCUT2D eigenvalue weighted by atomic mass is 19.4. The van der Waals surface area contributed by atoms with Crippen LogP contribution < -0.4 is 5.32 Å². The molecule has 0 unspecified atom stereocenters. The summed E-state index contributed by atoms with van der Waals surface area (Å²) in [4.78, 5) is 16.1. The van der Waals surface area contributed by atoms with Gasteiger partial charge in [-0.3, -0.25) is 9.78 Å². The smallest absolute Gasteiger partial charge is 0.346 e. The van der Waals surface area contributed by atoms with E-state index in [0.717, 1.165) is 35.1 Å². The first-order valence-corrected chi connectivity index (χ1v) is 7.17. The lowest BCUT2D eigenvalue weighted by Gasteiger charge is -2.12. The second-order valence-electron chi connectivity index (χ2n) is 5.41. The molecule has 24 heavy (non-hydrogen) atoms. The predicted molar refractivity (Wildman–Crippen MR) is 84.8 cm³/mol. The molecule has 3 rings (SSSR count). The molecule has 0 aliphatic carbocycles. The van der Waals surface area contributed by atoms with E-state index in [9.17, 15) is 18.0 Å². The molecular formula is C17H14F3N3O. The van der Waals surface area contributed by atoms with Gasteiger partial charge >= 0.3 is 6.18 Å². The number of benzene rings is 1. The number of carbonyl (C=O) groups excluding carboxylic acids is 1. The summed E-state index contributed by atoms with van der Waals surface area (Å²) in [6.45, 7) is 1.80. The summed E-state index contributed by atoms with van der Waals surface area (Å²) in [6.07, 6.45) is -2.68. The molecule has 7 heteroatoms. The Morgan fingerprint density at radius 3 is 2.62 bits per heavy atom. The van der Waals surface area contributed by atoms with E-state index < -0.39 is 23.2 Å². The maximum absolute atomic E-state index is 13.1. The van der Waals surface area contributed by atoms with Gasteiger partial charge in [0.1, 0.15) is 0 Å². The van der Waals surface area contributed by atoms with Crippen molar-refractivity contribution in [3.8, 4) is 0 Å². The fourth-order valence-corrected chi connectivity index (χ4v) is 2.68.